The lowest BCUT2D eigenvalue weighted by Gasteiger charge is -2.58. The molecule has 1 heterocycles. The first-order valence-electron chi connectivity index (χ1n) is 11.9. The lowest BCUT2D eigenvalue weighted by atomic mass is 9.55. The van der Waals surface area contributed by atoms with Gasteiger partial charge in [-0.25, -0.2) is 0 Å². The molecule has 6 heteroatoms. The normalized spacial score (nSPS) is 27.2. The van der Waals surface area contributed by atoms with Crippen LogP contribution in [-0.4, -0.2) is 59.4 Å². The van der Waals surface area contributed by atoms with Crippen LogP contribution in [0.5, 0.6) is 11.5 Å². The number of carbonyl (C=O) groups is 1. The van der Waals surface area contributed by atoms with E-state index >= 15 is 0 Å². The Bertz CT molecular complexity index is 1070. The van der Waals surface area contributed by atoms with Crippen molar-refractivity contribution in [2.75, 3.05) is 26.7 Å². The lowest BCUT2D eigenvalue weighted by Crippen LogP contribution is -2.67. The van der Waals surface area contributed by atoms with Crippen LogP contribution in [0.2, 0.25) is 0 Å². The van der Waals surface area contributed by atoms with E-state index in [-0.39, 0.29) is 17.7 Å². The van der Waals surface area contributed by atoms with E-state index in [1.54, 1.807) is 31.4 Å². The Hall–Kier alpha value is -3.09. The fourth-order valence-corrected chi connectivity index (χ4v) is 5.69. The predicted octanol–water partition coefficient (Wildman–Crippen LogP) is 3.64. The zero-order valence-electron chi connectivity index (χ0n) is 19.7. The van der Waals surface area contributed by atoms with Gasteiger partial charge in [-0.1, -0.05) is 30.3 Å². The molecule has 0 bridgehead atoms. The third-order valence-electron chi connectivity index (χ3n) is 7.39. The van der Waals surface area contributed by atoms with E-state index in [2.05, 4.69) is 22.9 Å². The van der Waals surface area contributed by atoms with Crippen LogP contribution in [0.25, 0.3) is 6.08 Å². The molecule has 1 aliphatic carbocycles. The van der Waals surface area contributed by atoms with Crippen molar-refractivity contribution in [3.05, 3.63) is 78.4 Å². The minimum absolute atomic E-state index is 0.0567. The Labute approximate surface area is 201 Å². The largest absolute Gasteiger partial charge is 0.508 e. The molecule has 1 saturated heterocycles. The molecule has 2 aromatic carbocycles. The number of β-amino-alcohol motifs (C(OH)–C–C–N with tert-alkyl or cyclic N) is 1. The minimum atomic E-state index is -0.904. The Morgan fingerprint density at radius 1 is 1.26 bits per heavy atom. The Kier molecular flexibility index (Phi) is 7.10. The number of ether oxygens (including phenoxy) is 1. The van der Waals surface area contributed by atoms with Crippen LogP contribution in [0.3, 0.4) is 0 Å². The summed E-state index contributed by atoms with van der Waals surface area (Å²) in [6.45, 7) is 6.04. The maximum atomic E-state index is 12.7. The average molecular weight is 463 g/mol. The molecular weight excluding hydrogens is 428 g/mol. The molecule has 2 aliphatic rings. The molecular formula is C28H34N2O4. The summed E-state index contributed by atoms with van der Waals surface area (Å²) in [5, 5.41) is 24.8. The Morgan fingerprint density at radius 3 is 2.85 bits per heavy atom. The third kappa shape index (κ3) is 4.88. The van der Waals surface area contributed by atoms with Crippen molar-refractivity contribution in [3.8, 4) is 11.5 Å². The fraction of sp³-hybridized carbons (Fsp3) is 0.393. The number of hydrogen-bond donors (Lipinski definition) is 3. The zero-order chi connectivity index (χ0) is 24.2. The molecule has 3 atom stereocenters. The molecule has 0 aromatic heterocycles. The average Bonchev–Trinajstić information content (AvgIpc) is 2.83. The molecule has 1 aliphatic heterocycles. The van der Waals surface area contributed by atoms with Gasteiger partial charge in [0.15, 0.2) is 0 Å². The van der Waals surface area contributed by atoms with Crippen LogP contribution >= 0.6 is 0 Å². The topological polar surface area (TPSA) is 82.0 Å². The summed E-state index contributed by atoms with van der Waals surface area (Å²) in [7, 11) is 1.65. The van der Waals surface area contributed by atoms with Gasteiger partial charge in [0, 0.05) is 30.6 Å². The maximum Gasteiger partial charge on any atom is 0.244 e. The summed E-state index contributed by atoms with van der Waals surface area (Å²) >= 11 is 0. The molecule has 6 nitrogen and oxygen atoms in total. The van der Waals surface area contributed by atoms with Gasteiger partial charge in [0.1, 0.15) is 11.5 Å². The number of nitrogens with zero attached hydrogens (tertiary/aromatic N) is 1. The first-order valence-corrected chi connectivity index (χ1v) is 11.9. The van der Waals surface area contributed by atoms with Crippen LogP contribution in [0.4, 0.5) is 0 Å². The van der Waals surface area contributed by atoms with E-state index in [4.69, 9.17) is 4.74 Å². The van der Waals surface area contributed by atoms with E-state index in [1.807, 2.05) is 30.3 Å². The number of methoxy groups -OCH3 is 1. The van der Waals surface area contributed by atoms with Gasteiger partial charge in [-0.2, -0.15) is 0 Å². The number of piperidine rings is 1. The van der Waals surface area contributed by atoms with Crippen LogP contribution in [-0.2, 0) is 10.2 Å². The SMILES string of the molecule is C=CCN1CC[C@@]2(c3cccc(OC)c3)C[C@H](NC(=O)C=Cc3cccc(O)c3)CC[C@]2(O)C1. The van der Waals surface area contributed by atoms with Gasteiger partial charge < -0.3 is 20.3 Å². The summed E-state index contributed by atoms with van der Waals surface area (Å²) in [6.07, 6.45) is 7.82. The fourth-order valence-electron chi connectivity index (χ4n) is 5.69. The van der Waals surface area contributed by atoms with Crippen molar-refractivity contribution in [2.45, 2.75) is 42.7 Å². The number of rotatable bonds is 7. The first kappa shape index (κ1) is 24.0. The van der Waals surface area contributed by atoms with Gasteiger partial charge in [-0.05, 0) is 73.7 Å². The number of hydrogen-bond acceptors (Lipinski definition) is 5. The molecule has 0 radical (unpaired) electrons. The number of carbonyl (C=O) groups excluding carboxylic acids is 1. The van der Waals surface area contributed by atoms with Gasteiger partial charge in [0.2, 0.25) is 5.91 Å². The number of aliphatic hydroxyl groups is 1. The molecule has 2 fully saturated rings. The van der Waals surface area contributed by atoms with Crippen molar-refractivity contribution in [1.82, 2.24) is 10.2 Å². The molecule has 34 heavy (non-hydrogen) atoms. The van der Waals surface area contributed by atoms with Gasteiger partial charge in [-0.15, -0.1) is 6.58 Å². The van der Waals surface area contributed by atoms with Gasteiger partial charge in [0.25, 0.3) is 0 Å². The Morgan fingerprint density at radius 2 is 2.09 bits per heavy atom. The predicted molar refractivity (Wildman–Crippen MR) is 134 cm³/mol. The van der Waals surface area contributed by atoms with Crippen molar-refractivity contribution in [1.29, 1.82) is 0 Å². The van der Waals surface area contributed by atoms with Gasteiger partial charge in [-0.3, -0.25) is 9.69 Å². The zero-order valence-corrected chi connectivity index (χ0v) is 19.7. The summed E-state index contributed by atoms with van der Waals surface area (Å²) in [5.41, 5.74) is 0.432. The highest BCUT2D eigenvalue weighted by molar-refractivity contribution is 5.92. The van der Waals surface area contributed by atoms with Crippen molar-refractivity contribution in [2.24, 2.45) is 0 Å². The second-order valence-electron chi connectivity index (χ2n) is 9.50. The number of aromatic hydroxyl groups is 1. The van der Waals surface area contributed by atoms with Crippen molar-refractivity contribution in [3.63, 3.8) is 0 Å². The summed E-state index contributed by atoms with van der Waals surface area (Å²) in [6, 6.07) is 14.7. The highest BCUT2D eigenvalue weighted by Gasteiger charge is 2.57. The summed E-state index contributed by atoms with van der Waals surface area (Å²) < 4.78 is 5.49. The van der Waals surface area contributed by atoms with Crippen LogP contribution in [0.15, 0.2) is 67.3 Å². The summed E-state index contributed by atoms with van der Waals surface area (Å²) in [4.78, 5) is 15.0. The van der Waals surface area contributed by atoms with E-state index < -0.39 is 11.0 Å². The van der Waals surface area contributed by atoms with E-state index in [0.29, 0.717) is 25.8 Å². The smallest absolute Gasteiger partial charge is 0.244 e. The first-order chi connectivity index (χ1) is 16.4. The molecule has 180 valence electrons. The molecule has 0 unspecified atom stereocenters. The van der Waals surface area contributed by atoms with Crippen LogP contribution < -0.4 is 10.1 Å². The number of benzene rings is 2. The number of phenols is 1. The number of nitrogens with one attached hydrogen (secondary N) is 1. The van der Waals surface area contributed by atoms with E-state index in [1.165, 1.54) is 6.08 Å². The molecule has 1 saturated carbocycles. The maximum absolute atomic E-state index is 12.7. The molecule has 1 amide bonds. The molecule has 4 rings (SSSR count). The highest BCUT2D eigenvalue weighted by atomic mass is 16.5. The highest BCUT2D eigenvalue weighted by Crippen LogP contribution is 2.52. The summed E-state index contributed by atoms with van der Waals surface area (Å²) in [5.74, 6) is 0.753. The van der Waals surface area contributed by atoms with E-state index in [9.17, 15) is 15.0 Å². The van der Waals surface area contributed by atoms with Crippen LogP contribution in [0, 0.1) is 0 Å². The minimum Gasteiger partial charge on any atom is -0.508 e. The monoisotopic (exact) mass is 462 g/mol. The third-order valence-corrected chi connectivity index (χ3v) is 7.39. The van der Waals surface area contributed by atoms with E-state index in [0.717, 1.165) is 36.4 Å². The van der Waals surface area contributed by atoms with Crippen molar-refractivity contribution >= 4 is 12.0 Å². The quantitative estimate of drug-likeness (QED) is 0.432. The standard InChI is InChI=1S/C28H34N2O4/c1-3-15-30-16-14-27(22-7-5-9-25(18-22)34-2)19-23(12-13-28(27,33)20-30)29-26(32)11-10-21-6-4-8-24(31)17-21/h3-11,17-18,23,31,33H,1,12-16,19-20H2,2H3,(H,29,32)/t23-,27+,28+/m1/s1. The molecule has 3 N–H and O–H groups in total. The lowest BCUT2D eigenvalue weighted by molar-refractivity contribution is -0.130. The van der Waals surface area contributed by atoms with Crippen LogP contribution in [0.1, 0.15) is 36.8 Å². The number of amides is 1. The molecule has 0 spiro atoms. The number of fused-ring (bicyclic) bond motifs is 1. The van der Waals surface area contributed by atoms with Gasteiger partial charge >= 0.3 is 0 Å². The van der Waals surface area contributed by atoms with Gasteiger partial charge in [0.05, 0.1) is 12.7 Å². The molecule has 2 aromatic rings. The van der Waals surface area contributed by atoms with Crippen molar-refractivity contribution < 1.29 is 19.7 Å². The number of phenolic OH excluding ortho intramolecular Hbond substituents is 1. The Balaban J connectivity index is 1.56. The second kappa shape index (κ2) is 10.0. The number of likely N-dealkylation sites (tertiary alicyclic amines) is 1. The second-order valence-corrected chi connectivity index (χ2v) is 9.50.